The molecule has 0 radical (unpaired) electrons. The maximum Gasteiger partial charge on any atom is 0.329 e. The third-order valence-corrected chi connectivity index (χ3v) is 3.12. The molecule has 0 unspecified atom stereocenters. The van der Waals surface area contributed by atoms with E-state index >= 15 is 0 Å². The Kier molecular flexibility index (Phi) is 3.32. The molecule has 18 heavy (non-hydrogen) atoms. The molecule has 0 amide bonds. The van der Waals surface area contributed by atoms with Gasteiger partial charge in [-0.15, -0.1) is 0 Å². The summed E-state index contributed by atoms with van der Waals surface area (Å²) in [5.41, 5.74) is 14.5. The Bertz CT molecular complexity index is 572. The number of nitrogens with two attached hydrogens (primary N) is 2. The molecule has 5 heteroatoms. The van der Waals surface area contributed by atoms with Crippen LogP contribution in [0.1, 0.15) is 26.7 Å². The van der Waals surface area contributed by atoms with Gasteiger partial charge in [0, 0.05) is 13.1 Å². The number of aromatic nitrogens is 2. The summed E-state index contributed by atoms with van der Waals surface area (Å²) in [5.74, 6) is 0. The fourth-order valence-electron chi connectivity index (χ4n) is 2.27. The normalized spacial score (nSPS) is 11.2. The van der Waals surface area contributed by atoms with Gasteiger partial charge in [0.1, 0.15) is 0 Å². The van der Waals surface area contributed by atoms with Crippen LogP contribution in [0.15, 0.2) is 16.9 Å². The van der Waals surface area contributed by atoms with Crippen molar-refractivity contribution in [1.82, 2.24) is 9.13 Å². The van der Waals surface area contributed by atoms with Crippen LogP contribution in [0.3, 0.4) is 0 Å². The molecule has 2 aromatic rings. The number of rotatable bonds is 4. The van der Waals surface area contributed by atoms with Crippen molar-refractivity contribution >= 4 is 22.4 Å². The summed E-state index contributed by atoms with van der Waals surface area (Å²) < 4.78 is 3.56. The topological polar surface area (TPSA) is 79.0 Å². The van der Waals surface area contributed by atoms with Crippen LogP contribution in [0, 0.1) is 0 Å². The van der Waals surface area contributed by atoms with Crippen molar-refractivity contribution in [2.24, 2.45) is 0 Å². The Morgan fingerprint density at radius 1 is 0.944 bits per heavy atom. The lowest BCUT2D eigenvalue weighted by atomic mass is 10.2. The molecule has 0 aliphatic heterocycles. The minimum Gasteiger partial charge on any atom is -0.397 e. The van der Waals surface area contributed by atoms with Crippen molar-refractivity contribution in [3.63, 3.8) is 0 Å². The molecule has 0 saturated carbocycles. The van der Waals surface area contributed by atoms with Gasteiger partial charge >= 0.3 is 5.69 Å². The molecule has 0 fully saturated rings. The highest BCUT2D eigenvalue weighted by Gasteiger charge is 2.13. The van der Waals surface area contributed by atoms with E-state index in [0.717, 1.165) is 23.9 Å². The monoisotopic (exact) mass is 248 g/mol. The first-order valence-corrected chi connectivity index (χ1v) is 6.38. The van der Waals surface area contributed by atoms with Crippen molar-refractivity contribution in [3.8, 4) is 0 Å². The summed E-state index contributed by atoms with van der Waals surface area (Å²) in [4.78, 5) is 12.3. The zero-order chi connectivity index (χ0) is 13.3. The van der Waals surface area contributed by atoms with Gasteiger partial charge in [-0.2, -0.15) is 0 Å². The minimum atomic E-state index is 0.0266. The summed E-state index contributed by atoms with van der Waals surface area (Å²) in [7, 11) is 0. The average Bonchev–Trinajstić information content (AvgIpc) is 2.57. The lowest BCUT2D eigenvalue weighted by Gasteiger charge is -2.04. The molecule has 0 aliphatic carbocycles. The number of nitrogens with zero attached hydrogens (tertiary/aromatic N) is 2. The summed E-state index contributed by atoms with van der Waals surface area (Å²) in [6, 6.07) is 3.60. The van der Waals surface area contributed by atoms with Gasteiger partial charge in [-0.05, 0) is 25.0 Å². The zero-order valence-corrected chi connectivity index (χ0v) is 10.9. The van der Waals surface area contributed by atoms with Gasteiger partial charge in [0.05, 0.1) is 22.4 Å². The van der Waals surface area contributed by atoms with E-state index in [-0.39, 0.29) is 5.69 Å². The Morgan fingerprint density at radius 2 is 1.33 bits per heavy atom. The van der Waals surface area contributed by atoms with E-state index in [1.54, 1.807) is 21.3 Å². The molecule has 0 aliphatic rings. The number of nitrogen functional groups attached to an aromatic ring is 2. The SMILES string of the molecule is CCCn1c(=O)n(CCC)c2cc(N)c(N)cc21. The summed E-state index contributed by atoms with van der Waals surface area (Å²) in [6.45, 7) is 5.51. The number of hydrogen-bond acceptors (Lipinski definition) is 3. The van der Waals surface area contributed by atoms with Crippen LogP contribution >= 0.6 is 0 Å². The molecule has 98 valence electrons. The molecule has 2 rings (SSSR count). The van der Waals surface area contributed by atoms with Crippen LogP contribution in [0.5, 0.6) is 0 Å². The van der Waals surface area contributed by atoms with Crippen LogP contribution in [-0.4, -0.2) is 9.13 Å². The Balaban J connectivity index is 2.79. The lowest BCUT2D eigenvalue weighted by Crippen LogP contribution is -2.24. The van der Waals surface area contributed by atoms with Crippen molar-refractivity contribution < 1.29 is 0 Å². The van der Waals surface area contributed by atoms with Crippen molar-refractivity contribution in [1.29, 1.82) is 0 Å². The maximum absolute atomic E-state index is 12.3. The molecule has 0 spiro atoms. The predicted molar refractivity (Wildman–Crippen MR) is 75.6 cm³/mol. The molecule has 4 N–H and O–H groups in total. The fourth-order valence-corrected chi connectivity index (χ4v) is 2.27. The van der Waals surface area contributed by atoms with E-state index < -0.39 is 0 Å². The van der Waals surface area contributed by atoms with E-state index in [1.807, 2.05) is 0 Å². The summed E-state index contributed by atoms with van der Waals surface area (Å²) in [5, 5.41) is 0. The van der Waals surface area contributed by atoms with Crippen LogP contribution in [0.4, 0.5) is 11.4 Å². The quantitative estimate of drug-likeness (QED) is 0.809. The number of imidazole rings is 1. The van der Waals surface area contributed by atoms with Gasteiger partial charge in [-0.1, -0.05) is 13.8 Å². The Labute approximate surface area is 106 Å². The van der Waals surface area contributed by atoms with Crippen molar-refractivity contribution in [3.05, 3.63) is 22.6 Å². The largest absolute Gasteiger partial charge is 0.397 e. The molecule has 1 aromatic carbocycles. The van der Waals surface area contributed by atoms with E-state index in [1.165, 1.54) is 0 Å². The van der Waals surface area contributed by atoms with E-state index in [4.69, 9.17) is 11.5 Å². The van der Waals surface area contributed by atoms with Crippen LogP contribution in [0.2, 0.25) is 0 Å². The molecule has 0 bridgehead atoms. The first-order chi connectivity index (χ1) is 8.60. The number of hydrogen-bond donors (Lipinski definition) is 2. The number of fused-ring (bicyclic) bond motifs is 1. The highest BCUT2D eigenvalue weighted by Crippen LogP contribution is 2.23. The van der Waals surface area contributed by atoms with Gasteiger partial charge < -0.3 is 11.5 Å². The molecular formula is C13H20N4O. The molecule has 0 atom stereocenters. The summed E-state index contributed by atoms with van der Waals surface area (Å²) in [6.07, 6.45) is 1.82. The van der Waals surface area contributed by atoms with Crippen LogP contribution in [-0.2, 0) is 13.1 Å². The second-order valence-corrected chi connectivity index (χ2v) is 4.56. The number of aryl methyl sites for hydroxylation is 2. The second kappa shape index (κ2) is 4.76. The lowest BCUT2D eigenvalue weighted by molar-refractivity contribution is 0.607. The average molecular weight is 248 g/mol. The van der Waals surface area contributed by atoms with Gasteiger partial charge in [0.15, 0.2) is 0 Å². The van der Waals surface area contributed by atoms with E-state index in [0.29, 0.717) is 24.5 Å². The smallest absolute Gasteiger partial charge is 0.329 e. The van der Waals surface area contributed by atoms with Gasteiger partial charge in [0.25, 0.3) is 0 Å². The minimum absolute atomic E-state index is 0.0266. The van der Waals surface area contributed by atoms with Crippen molar-refractivity contribution in [2.45, 2.75) is 39.8 Å². The van der Waals surface area contributed by atoms with E-state index in [9.17, 15) is 4.79 Å². The molecule has 5 nitrogen and oxygen atoms in total. The highest BCUT2D eigenvalue weighted by atomic mass is 16.1. The zero-order valence-electron chi connectivity index (χ0n) is 10.9. The first kappa shape index (κ1) is 12.5. The first-order valence-electron chi connectivity index (χ1n) is 6.38. The Morgan fingerprint density at radius 3 is 1.67 bits per heavy atom. The molecular weight excluding hydrogens is 228 g/mol. The second-order valence-electron chi connectivity index (χ2n) is 4.56. The molecule has 0 saturated heterocycles. The molecule has 1 aromatic heterocycles. The predicted octanol–water partition coefficient (Wildman–Crippen LogP) is 1.79. The van der Waals surface area contributed by atoms with Crippen LogP contribution in [0.25, 0.3) is 11.0 Å². The fraction of sp³-hybridized carbons (Fsp3) is 0.462. The van der Waals surface area contributed by atoms with Gasteiger partial charge in [-0.3, -0.25) is 9.13 Å². The third kappa shape index (κ3) is 1.85. The van der Waals surface area contributed by atoms with Gasteiger partial charge in [-0.25, -0.2) is 4.79 Å². The maximum atomic E-state index is 12.3. The van der Waals surface area contributed by atoms with Gasteiger partial charge in [0.2, 0.25) is 0 Å². The highest BCUT2D eigenvalue weighted by molar-refractivity contribution is 5.86. The Hall–Kier alpha value is -1.91. The number of benzene rings is 1. The standard InChI is InChI=1S/C13H20N4O/c1-3-5-16-11-7-9(14)10(15)8-12(11)17(6-4-2)13(16)18/h7-8H,3-6,14-15H2,1-2H3. The van der Waals surface area contributed by atoms with Crippen molar-refractivity contribution in [2.75, 3.05) is 11.5 Å². The van der Waals surface area contributed by atoms with Crippen LogP contribution < -0.4 is 17.2 Å². The molecule has 1 heterocycles. The third-order valence-electron chi connectivity index (χ3n) is 3.12. The van der Waals surface area contributed by atoms with E-state index in [2.05, 4.69) is 13.8 Å². The number of anilines is 2. The summed E-state index contributed by atoms with van der Waals surface area (Å²) >= 11 is 0.